The maximum Gasteiger partial charge on any atom is 0.260 e. The van der Waals surface area contributed by atoms with Gasteiger partial charge in [-0.2, -0.15) is 0 Å². The van der Waals surface area contributed by atoms with Gasteiger partial charge in [0.15, 0.2) is 0 Å². The summed E-state index contributed by atoms with van der Waals surface area (Å²) in [7, 11) is -3.75. The van der Waals surface area contributed by atoms with Crippen molar-refractivity contribution in [2.75, 3.05) is 6.26 Å². The van der Waals surface area contributed by atoms with Gasteiger partial charge >= 0.3 is 0 Å². The van der Waals surface area contributed by atoms with E-state index < -0.39 is 21.8 Å². The van der Waals surface area contributed by atoms with Gasteiger partial charge in [0, 0.05) is 28.8 Å². The number of amides is 2. The monoisotopic (exact) mass is 479 g/mol. The summed E-state index contributed by atoms with van der Waals surface area (Å²) in [5, 5.41) is 10.6. The second kappa shape index (κ2) is 9.22. The standard InChI is InChI=1S/C24H21N3O4S2/c1-32-18-7-4-16(5-8-18)17-6-11-20-21(12-17)22(24(29)27-23(20)28)14-26-13-15-2-9-19(10-3-15)33(25,30)31/h2-12,14,26H,13H2,1H3,(H2,25,30,31)(H,27,28,29)/b22-14-. The number of benzene rings is 3. The van der Waals surface area contributed by atoms with Crippen molar-refractivity contribution < 1.29 is 18.0 Å². The fraction of sp³-hybridized carbons (Fsp3) is 0.0833. The molecule has 0 saturated carbocycles. The fourth-order valence-corrected chi connectivity index (χ4v) is 4.42. The van der Waals surface area contributed by atoms with Crippen LogP contribution in [0.5, 0.6) is 0 Å². The number of carbonyl (C=O) groups is 2. The number of hydrogen-bond acceptors (Lipinski definition) is 6. The Morgan fingerprint density at radius 3 is 2.21 bits per heavy atom. The maximum absolute atomic E-state index is 12.6. The van der Waals surface area contributed by atoms with Gasteiger partial charge in [-0.1, -0.05) is 30.3 Å². The molecule has 7 nitrogen and oxygen atoms in total. The Bertz CT molecular complexity index is 1360. The first-order chi connectivity index (χ1) is 15.8. The Morgan fingerprint density at radius 2 is 1.58 bits per heavy atom. The summed E-state index contributed by atoms with van der Waals surface area (Å²) in [5.74, 6) is -0.922. The molecule has 0 atom stereocenters. The van der Waals surface area contributed by atoms with E-state index in [1.807, 2.05) is 42.7 Å². The smallest absolute Gasteiger partial charge is 0.260 e. The van der Waals surface area contributed by atoms with E-state index in [9.17, 15) is 18.0 Å². The molecule has 0 saturated heterocycles. The molecule has 1 aliphatic rings. The van der Waals surface area contributed by atoms with Crippen molar-refractivity contribution in [3.63, 3.8) is 0 Å². The number of imide groups is 1. The first-order valence-electron chi connectivity index (χ1n) is 9.96. The number of carbonyl (C=O) groups excluding carboxylic acids is 2. The highest BCUT2D eigenvalue weighted by Crippen LogP contribution is 2.30. The van der Waals surface area contributed by atoms with Crippen LogP contribution in [0.25, 0.3) is 16.7 Å². The second-order valence-electron chi connectivity index (χ2n) is 7.40. The zero-order valence-electron chi connectivity index (χ0n) is 17.7. The van der Waals surface area contributed by atoms with Crippen molar-refractivity contribution in [3.05, 3.63) is 89.6 Å². The molecule has 0 unspecified atom stereocenters. The summed E-state index contributed by atoms with van der Waals surface area (Å²) < 4.78 is 22.8. The van der Waals surface area contributed by atoms with E-state index in [2.05, 4.69) is 10.6 Å². The molecule has 2 amide bonds. The van der Waals surface area contributed by atoms with Gasteiger partial charge in [-0.25, -0.2) is 13.6 Å². The van der Waals surface area contributed by atoms with Crippen molar-refractivity contribution in [1.82, 2.24) is 10.6 Å². The van der Waals surface area contributed by atoms with E-state index >= 15 is 0 Å². The zero-order valence-corrected chi connectivity index (χ0v) is 19.3. The van der Waals surface area contributed by atoms with Crippen LogP contribution in [0.1, 0.15) is 21.5 Å². The number of nitrogens with two attached hydrogens (primary N) is 1. The second-order valence-corrected chi connectivity index (χ2v) is 9.84. The lowest BCUT2D eigenvalue weighted by atomic mass is 9.91. The quantitative estimate of drug-likeness (QED) is 0.284. The Hall–Kier alpha value is -3.40. The van der Waals surface area contributed by atoms with E-state index in [1.165, 1.54) is 12.1 Å². The minimum absolute atomic E-state index is 0.0294. The highest BCUT2D eigenvalue weighted by molar-refractivity contribution is 7.98. The minimum Gasteiger partial charge on any atom is -0.386 e. The average molecular weight is 480 g/mol. The van der Waals surface area contributed by atoms with Gasteiger partial charge in [-0.3, -0.25) is 14.9 Å². The lowest BCUT2D eigenvalue weighted by Gasteiger charge is -2.19. The third-order valence-electron chi connectivity index (χ3n) is 5.25. The van der Waals surface area contributed by atoms with Crippen LogP contribution < -0.4 is 15.8 Å². The predicted molar refractivity (Wildman–Crippen MR) is 129 cm³/mol. The van der Waals surface area contributed by atoms with E-state index in [-0.39, 0.29) is 4.90 Å². The molecule has 3 aromatic carbocycles. The van der Waals surface area contributed by atoms with Crippen LogP contribution in [0.2, 0.25) is 0 Å². The van der Waals surface area contributed by atoms with Crippen molar-refractivity contribution in [3.8, 4) is 11.1 Å². The van der Waals surface area contributed by atoms with Crippen LogP contribution in [-0.2, 0) is 21.4 Å². The molecule has 3 aromatic rings. The van der Waals surface area contributed by atoms with Crippen molar-refractivity contribution in [2.45, 2.75) is 16.3 Å². The van der Waals surface area contributed by atoms with Crippen LogP contribution in [0.4, 0.5) is 0 Å². The first kappa shape index (κ1) is 22.8. The summed E-state index contributed by atoms with van der Waals surface area (Å²) in [4.78, 5) is 26.1. The molecule has 4 N–H and O–H groups in total. The Balaban J connectivity index is 1.61. The van der Waals surface area contributed by atoms with E-state index in [1.54, 1.807) is 36.2 Å². The first-order valence-corrected chi connectivity index (χ1v) is 12.7. The summed E-state index contributed by atoms with van der Waals surface area (Å²) >= 11 is 1.65. The highest BCUT2D eigenvalue weighted by Gasteiger charge is 2.27. The Morgan fingerprint density at radius 1 is 0.909 bits per heavy atom. The molecule has 0 spiro atoms. The van der Waals surface area contributed by atoms with Crippen LogP contribution in [-0.4, -0.2) is 26.5 Å². The van der Waals surface area contributed by atoms with Crippen molar-refractivity contribution >= 4 is 39.2 Å². The summed E-state index contributed by atoms with van der Waals surface area (Å²) in [6, 6.07) is 19.6. The van der Waals surface area contributed by atoms with Crippen molar-refractivity contribution in [1.29, 1.82) is 0 Å². The van der Waals surface area contributed by atoms with Crippen LogP contribution >= 0.6 is 11.8 Å². The summed E-state index contributed by atoms with van der Waals surface area (Å²) in [6.45, 7) is 0.348. The molecule has 1 aliphatic heterocycles. The number of thioether (sulfide) groups is 1. The van der Waals surface area contributed by atoms with Gasteiger partial charge in [0.25, 0.3) is 11.8 Å². The largest absolute Gasteiger partial charge is 0.386 e. The van der Waals surface area contributed by atoms with Crippen molar-refractivity contribution in [2.24, 2.45) is 5.14 Å². The number of primary sulfonamides is 1. The lowest BCUT2D eigenvalue weighted by Crippen LogP contribution is -2.37. The molecule has 33 heavy (non-hydrogen) atoms. The normalized spacial score (nSPS) is 14.7. The van der Waals surface area contributed by atoms with Gasteiger partial charge in [0.2, 0.25) is 10.0 Å². The van der Waals surface area contributed by atoms with Crippen LogP contribution in [0.15, 0.2) is 82.7 Å². The van der Waals surface area contributed by atoms with E-state index in [4.69, 9.17) is 5.14 Å². The maximum atomic E-state index is 12.6. The third-order valence-corrected chi connectivity index (χ3v) is 6.93. The lowest BCUT2D eigenvalue weighted by molar-refractivity contribution is -0.114. The average Bonchev–Trinajstić information content (AvgIpc) is 2.80. The molecular weight excluding hydrogens is 458 g/mol. The van der Waals surface area contributed by atoms with E-state index in [0.717, 1.165) is 21.6 Å². The van der Waals surface area contributed by atoms with E-state index in [0.29, 0.717) is 23.2 Å². The molecule has 0 radical (unpaired) electrons. The summed E-state index contributed by atoms with van der Waals surface area (Å²) in [5.41, 5.74) is 3.99. The molecule has 9 heteroatoms. The Kier molecular flexibility index (Phi) is 6.37. The third kappa shape index (κ3) is 5.00. The fourth-order valence-electron chi connectivity index (χ4n) is 3.50. The molecular formula is C24H21N3O4S2. The number of fused-ring (bicyclic) bond motifs is 1. The van der Waals surface area contributed by atoms with Gasteiger partial charge in [0.1, 0.15) is 0 Å². The molecule has 0 aliphatic carbocycles. The minimum atomic E-state index is -3.75. The van der Waals surface area contributed by atoms with Gasteiger partial charge in [0.05, 0.1) is 10.5 Å². The number of sulfonamides is 1. The molecule has 1 heterocycles. The van der Waals surface area contributed by atoms with Gasteiger partial charge in [-0.05, 0) is 59.3 Å². The van der Waals surface area contributed by atoms with Crippen LogP contribution in [0, 0.1) is 0 Å². The topological polar surface area (TPSA) is 118 Å². The van der Waals surface area contributed by atoms with Gasteiger partial charge in [-0.15, -0.1) is 11.8 Å². The molecule has 168 valence electrons. The molecule has 0 bridgehead atoms. The highest BCUT2D eigenvalue weighted by atomic mass is 32.2. The predicted octanol–water partition coefficient (Wildman–Crippen LogP) is 3.12. The number of rotatable bonds is 6. The van der Waals surface area contributed by atoms with Gasteiger partial charge < -0.3 is 5.32 Å². The Labute approximate surface area is 196 Å². The number of nitrogens with one attached hydrogen (secondary N) is 2. The SMILES string of the molecule is CSc1ccc(-c2ccc3c(c2)/C(=C/NCc2ccc(S(N)(=O)=O)cc2)C(=O)NC3=O)cc1. The molecule has 0 fully saturated rings. The van der Waals surface area contributed by atoms with Crippen LogP contribution in [0.3, 0.4) is 0 Å². The summed E-state index contributed by atoms with van der Waals surface area (Å²) in [6.07, 6.45) is 3.57. The number of hydrogen-bond donors (Lipinski definition) is 3. The zero-order chi connectivity index (χ0) is 23.6. The molecule has 0 aromatic heterocycles. The molecule has 4 rings (SSSR count).